The van der Waals surface area contributed by atoms with Crippen LogP contribution in [-0.4, -0.2) is 8.80 Å². The summed E-state index contributed by atoms with van der Waals surface area (Å²) in [4.78, 5) is 0. The van der Waals surface area contributed by atoms with Crippen molar-refractivity contribution >= 4 is 24.4 Å². The molecule has 0 aliphatic carbocycles. The lowest BCUT2D eigenvalue weighted by molar-refractivity contribution is 1.51. The van der Waals surface area contributed by atoms with Gasteiger partial charge in [0.25, 0.3) is 0 Å². The van der Waals surface area contributed by atoms with Crippen LogP contribution in [0.25, 0.3) is 0 Å². The van der Waals surface area contributed by atoms with Crippen LogP contribution < -0.4 is 15.6 Å². The third-order valence-electron chi connectivity index (χ3n) is 3.54. The first-order valence-electron chi connectivity index (χ1n) is 6.90. The molecule has 20 heavy (non-hydrogen) atoms. The predicted octanol–water partition coefficient (Wildman–Crippen LogP) is 2.51. The Hall–Kier alpha value is -2.12. The summed E-state index contributed by atoms with van der Waals surface area (Å²) in [5.74, 6) is 0. The Morgan fingerprint density at radius 1 is 0.550 bits per heavy atom. The van der Waals surface area contributed by atoms with E-state index >= 15 is 0 Å². The summed E-state index contributed by atoms with van der Waals surface area (Å²) in [5.41, 5.74) is 1.38. The monoisotopic (exact) mass is 273 g/mol. The Labute approximate surface area is 122 Å². The maximum Gasteiger partial charge on any atom is 0.154 e. The second kappa shape index (κ2) is 5.89. The van der Waals surface area contributed by atoms with E-state index < -0.39 is 8.80 Å². The second-order valence-corrected chi connectivity index (χ2v) is 7.37. The number of aryl methyl sites for hydroxylation is 1. The molecule has 3 rings (SSSR count). The Bertz CT molecular complexity index is 635. The lowest BCUT2D eigenvalue weighted by Crippen LogP contribution is -2.52. The highest BCUT2D eigenvalue weighted by Crippen LogP contribution is 1.99. The van der Waals surface area contributed by atoms with Gasteiger partial charge in [-0.2, -0.15) is 0 Å². The summed E-state index contributed by atoms with van der Waals surface area (Å²) in [5, 5.41) is 4.37. The van der Waals surface area contributed by atoms with Crippen LogP contribution in [0.3, 0.4) is 0 Å². The molecule has 0 nitrogen and oxygen atoms in total. The van der Waals surface area contributed by atoms with Crippen molar-refractivity contribution in [1.29, 1.82) is 0 Å². The fourth-order valence-electron chi connectivity index (χ4n) is 2.54. The van der Waals surface area contributed by atoms with E-state index in [-0.39, 0.29) is 0 Å². The molecule has 0 spiro atoms. The van der Waals surface area contributed by atoms with E-state index in [4.69, 9.17) is 0 Å². The molecule has 0 fully saturated rings. The average Bonchev–Trinajstić information content (AvgIpc) is 2.52. The molecule has 1 radical (unpaired) electrons. The van der Waals surface area contributed by atoms with Gasteiger partial charge < -0.3 is 0 Å². The Morgan fingerprint density at radius 3 is 1.50 bits per heavy atom. The molecule has 1 heteroatoms. The normalized spacial score (nSPS) is 10.7. The molecule has 0 heterocycles. The van der Waals surface area contributed by atoms with E-state index in [1.54, 1.807) is 0 Å². The van der Waals surface area contributed by atoms with Crippen LogP contribution >= 0.6 is 0 Å². The van der Waals surface area contributed by atoms with Crippen molar-refractivity contribution in [3.63, 3.8) is 0 Å². The number of rotatable bonds is 3. The van der Waals surface area contributed by atoms with Gasteiger partial charge in [0.1, 0.15) is 0 Å². The van der Waals surface area contributed by atoms with Crippen molar-refractivity contribution in [2.75, 3.05) is 0 Å². The van der Waals surface area contributed by atoms with Gasteiger partial charge in [-0.1, -0.05) is 101 Å². The van der Waals surface area contributed by atoms with Crippen LogP contribution in [0.4, 0.5) is 0 Å². The van der Waals surface area contributed by atoms with E-state index in [0.717, 1.165) is 0 Å². The highest BCUT2D eigenvalue weighted by molar-refractivity contribution is 6.95. The first-order chi connectivity index (χ1) is 9.86. The molecule has 0 aromatic heterocycles. The highest BCUT2D eigenvalue weighted by Gasteiger charge is 2.20. The van der Waals surface area contributed by atoms with Crippen LogP contribution in [-0.2, 0) is 0 Å². The lowest BCUT2D eigenvalue weighted by Gasteiger charge is -2.18. The van der Waals surface area contributed by atoms with E-state index in [9.17, 15) is 0 Å². The molecular formula is C19H17Si. The van der Waals surface area contributed by atoms with Crippen molar-refractivity contribution in [2.45, 2.75) is 6.92 Å². The standard InChI is InChI=1S/C19H17Si/c1-16-10-8-9-15-19(16)20(17-11-4-2-5-12-17)18-13-6-3-7-14-18/h2-15H,1H3. The van der Waals surface area contributed by atoms with Crippen LogP contribution in [0.15, 0.2) is 84.9 Å². The molecule has 0 atom stereocenters. The van der Waals surface area contributed by atoms with Crippen LogP contribution in [0.5, 0.6) is 0 Å². The minimum absolute atomic E-state index is 0.907. The zero-order valence-corrected chi connectivity index (χ0v) is 12.6. The molecule has 0 saturated heterocycles. The smallest absolute Gasteiger partial charge is 0.0624 e. The molecule has 0 saturated carbocycles. The van der Waals surface area contributed by atoms with Gasteiger partial charge in [0.2, 0.25) is 0 Å². The summed E-state index contributed by atoms with van der Waals surface area (Å²) < 4.78 is 0. The van der Waals surface area contributed by atoms with Crippen molar-refractivity contribution < 1.29 is 0 Å². The number of benzene rings is 3. The molecule has 0 N–H and O–H groups in total. The fraction of sp³-hybridized carbons (Fsp3) is 0.0526. The highest BCUT2D eigenvalue weighted by atomic mass is 28.3. The first kappa shape index (κ1) is 12.9. The molecular weight excluding hydrogens is 256 g/mol. The maximum atomic E-state index is 2.28. The predicted molar refractivity (Wildman–Crippen MR) is 88.7 cm³/mol. The maximum absolute atomic E-state index is 2.28. The van der Waals surface area contributed by atoms with Crippen molar-refractivity contribution in [2.24, 2.45) is 0 Å². The van der Waals surface area contributed by atoms with E-state index in [0.29, 0.717) is 0 Å². The summed E-state index contributed by atoms with van der Waals surface area (Å²) >= 11 is 0. The van der Waals surface area contributed by atoms with E-state index in [2.05, 4.69) is 91.9 Å². The third kappa shape index (κ3) is 2.58. The molecule has 0 bridgehead atoms. The fourth-order valence-corrected chi connectivity index (χ4v) is 5.29. The average molecular weight is 273 g/mol. The minimum Gasteiger partial charge on any atom is -0.0624 e. The summed E-state index contributed by atoms with van der Waals surface area (Å²) in [6.45, 7) is 2.21. The molecule has 0 unspecified atom stereocenters. The van der Waals surface area contributed by atoms with E-state index in [1.807, 2.05) is 0 Å². The van der Waals surface area contributed by atoms with Crippen LogP contribution in [0.1, 0.15) is 5.56 Å². The minimum atomic E-state index is -0.907. The lowest BCUT2D eigenvalue weighted by atomic mass is 10.2. The van der Waals surface area contributed by atoms with Gasteiger partial charge in [0.05, 0.1) is 0 Å². The molecule has 3 aromatic rings. The van der Waals surface area contributed by atoms with Gasteiger partial charge in [0, 0.05) is 0 Å². The molecule has 97 valence electrons. The molecule has 3 aromatic carbocycles. The number of hydrogen-bond acceptors (Lipinski definition) is 0. The molecule has 0 aliphatic rings. The van der Waals surface area contributed by atoms with Crippen LogP contribution in [0.2, 0.25) is 0 Å². The third-order valence-corrected chi connectivity index (χ3v) is 6.46. The largest absolute Gasteiger partial charge is 0.154 e. The Balaban J connectivity index is 2.17. The van der Waals surface area contributed by atoms with Gasteiger partial charge in [-0.05, 0) is 12.1 Å². The topological polar surface area (TPSA) is 0 Å². The zero-order valence-electron chi connectivity index (χ0n) is 11.6. The van der Waals surface area contributed by atoms with Crippen LogP contribution in [0, 0.1) is 6.92 Å². The van der Waals surface area contributed by atoms with Gasteiger partial charge in [-0.25, -0.2) is 0 Å². The van der Waals surface area contributed by atoms with Crippen molar-refractivity contribution in [3.05, 3.63) is 90.5 Å². The molecule has 0 amide bonds. The van der Waals surface area contributed by atoms with Gasteiger partial charge in [0.15, 0.2) is 8.80 Å². The summed E-state index contributed by atoms with van der Waals surface area (Å²) in [6, 6.07) is 30.5. The van der Waals surface area contributed by atoms with Crippen molar-refractivity contribution in [1.82, 2.24) is 0 Å². The van der Waals surface area contributed by atoms with Gasteiger partial charge >= 0.3 is 0 Å². The van der Waals surface area contributed by atoms with Gasteiger partial charge in [-0.3, -0.25) is 0 Å². The number of hydrogen-bond donors (Lipinski definition) is 0. The Morgan fingerprint density at radius 2 is 1.00 bits per heavy atom. The molecule has 0 aliphatic heterocycles. The quantitative estimate of drug-likeness (QED) is 0.508. The summed E-state index contributed by atoms with van der Waals surface area (Å²) in [7, 11) is -0.907. The van der Waals surface area contributed by atoms with Crippen molar-refractivity contribution in [3.8, 4) is 0 Å². The first-order valence-corrected chi connectivity index (χ1v) is 8.40. The second-order valence-electron chi connectivity index (χ2n) is 4.92. The SMILES string of the molecule is Cc1ccccc1[Si](c1ccccc1)c1ccccc1. The summed E-state index contributed by atoms with van der Waals surface area (Å²) in [6.07, 6.45) is 0. The van der Waals surface area contributed by atoms with Gasteiger partial charge in [-0.15, -0.1) is 0 Å². The zero-order chi connectivity index (χ0) is 13.8. The Kier molecular flexibility index (Phi) is 3.80. The van der Waals surface area contributed by atoms with E-state index in [1.165, 1.54) is 21.1 Å².